The smallest absolute Gasteiger partial charge is 0.255 e. The molecule has 0 spiro atoms. The predicted octanol–water partition coefficient (Wildman–Crippen LogP) is 4.93. The molecule has 1 aliphatic carbocycles. The lowest BCUT2D eigenvalue weighted by Gasteiger charge is -2.22. The SMILES string of the molecule is COc1ccc(F)cc1C(=O)NCc1ccc(-c2ncn3c(/C=C/COCCC(=O)NC4CCCCC4)cnc(N)c23)cc1. The van der Waals surface area contributed by atoms with Crippen molar-refractivity contribution in [2.24, 2.45) is 0 Å². The number of nitrogens with zero attached hydrogens (tertiary/aromatic N) is 3. The molecule has 2 aromatic carbocycles. The van der Waals surface area contributed by atoms with Crippen molar-refractivity contribution in [1.29, 1.82) is 0 Å². The average Bonchev–Trinajstić information content (AvgIpc) is 3.49. The van der Waals surface area contributed by atoms with E-state index in [-0.39, 0.29) is 18.0 Å². The Morgan fingerprint density at radius 3 is 2.68 bits per heavy atom. The van der Waals surface area contributed by atoms with Gasteiger partial charge in [0.1, 0.15) is 29.2 Å². The molecule has 0 atom stereocenters. The summed E-state index contributed by atoms with van der Waals surface area (Å²) in [5.41, 5.74) is 10.2. The maximum absolute atomic E-state index is 13.7. The molecule has 44 heavy (non-hydrogen) atoms. The fourth-order valence-corrected chi connectivity index (χ4v) is 5.33. The number of hydrogen-bond donors (Lipinski definition) is 3. The van der Waals surface area contributed by atoms with E-state index in [2.05, 4.69) is 20.6 Å². The Morgan fingerprint density at radius 2 is 1.91 bits per heavy atom. The number of carbonyl (C=O) groups is 2. The zero-order valence-electron chi connectivity index (χ0n) is 24.7. The molecule has 230 valence electrons. The summed E-state index contributed by atoms with van der Waals surface area (Å²) in [5, 5.41) is 5.90. The Bertz CT molecular complexity index is 1630. The molecule has 10 nitrogen and oxygen atoms in total. The van der Waals surface area contributed by atoms with Gasteiger partial charge < -0.3 is 25.8 Å². The summed E-state index contributed by atoms with van der Waals surface area (Å²) in [6.45, 7) is 0.953. The third-order valence-electron chi connectivity index (χ3n) is 7.66. The van der Waals surface area contributed by atoms with Gasteiger partial charge in [0.15, 0.2) is 0 Å². The molecule has 5 rings (SSSR count). The fraction of sp³-hybridized carbons (Fsp3) is 0.333. The van der Waals surface area contributed by atoms with Gasteiger partial charge in [-0.2, -0.15) is 0 Å². The number of aromatic nitrogens is 3. The lowest BCUT2D eigenvalue weighted by atomic mass is 9.95. The maximum Gasteiger partial charge on any atom is 0.255 e. The van der Waals surface area contributed by atoms with Crippen molar-refractivity contribution in [1.82, 2.24) is 25.0 Å². The number of hydrogen-bond acceptors (Lipinski definition) is 7. The van der Waals surface area contributed by atoms with E-state index in [1.807, 2.05) is 40.8 Å². The first-order chi connectivity index (χ1) is 21.4. The van der Waals surface area contributed by atoms with Gasteiger partial charge in [-0.3, -0.25) is 14.0 Å². The number of carbonyl (C=O) groups excluding carboxylic acids is 2. The van der Waals surface area contributed by atoms with Crippen molar-refractivity contribution >= 4 is 29.2 Å². The highest BCUT2D eigenvalue weighted by atomic mass is 19.1. The first kappa shape index (κ1) is 30.7. The summed E-state index contributed by atoms with van der Waals surface area (Å²) in [6.07, 6.45) is 13.2. The van der Waals surface area contributed by atoms with Crippen LogP contribution < -0.4 is 21.1 Å². The van der Waals surface area contributed by atoms with Gasteiger partial charge in [0, 0.05) is 24.6 Å². The highest BCUT2D eigenvalue weighted by molar-refractivity contribution is 5.97. The van der Waals surface area contributed by atoms with E-state index in [0.717, 1.165) is 35.7 Å². The summed E-state index contributed by atoms with van der Waals surface area (Å²) < 4.78 is 26.4. The Hall–Kier alpha value is -4.77. The number of amides is 2. The van der Waals surface area contributed by atoms with Crippen molar-refractivity contribution in [3.05, 3.63) is 83.7 Å². The summed E-state index contributed by atoms with van der Waals surface area (Å²) in [6, 6.07) is 11.7. The molecule has 1 aliphatic rings. The van der Waals surface area contributed by atoms with E-state index in [1.54, 1.807) is 12.5 Å². The number of anilines is 1. The van der Waals surface area contributed by atoms with Crippen LogP contribution in [0.5, 0.6) is 5.75 Å². The number of imidazole rings is 1. The monoisotopic (exact) mass is 600 g/mol. The van der Waals surface area contributed by atoms with Crippen molar-refractivity contribution in [3.8, 4) is 17.0 Å². The molecule has 2 heterocycles. The number of rotatable bonds is 12. The average molecular weight is 601 g/mol. The maximum atomic E-state index is 13.7. The molecular weight excluding hydrogens is 563 g/mol. The van der Waals surface area contributed by atoms with Crippen molar-refractivity contribution in [2.45, 2.75) is 51.1 Å². The van der Waals surface area contributed by atoms with Crippen LogP contribution in [0.25, 0.3) is 22.9 Å². The van der Waals surface area contributed by atoms with Gasteiger partial charge in [-0.25, -0.2) is 14.4 Å². The van der Waals surface area contributed by atoms with E-state index in [0.29, 0.717) is 48.5 Å². The van der Waals surface area contributed by atoms with Crippen LogP contribution in [0, 0.1) is 5.82 Å². The molecule has 0 saturated heterocycles. The molecule has 4 N–H and O–H groups in total. The fourth-order valence-electron chi connectivity index (χ4n) is 5.33. The number of nitrogens with two attached hydrogens (primary N) is 1. The first-order valence-corrected chi connectivity index (χ1v) is 14.8. The molecule has 0 radical (unpaired) electrons. The lowest BCUT2D eigenvalue weighted by molar-refractivity contribution is -0.123. The second-order valence-corrected chi connectivity index (χ2v) is 10.7. The summed E-state index contributed by atoms with van der Waals surface area (Å²) in [4.78, 5) is 33.7. The van der Waals surface area contributed by atoms with Crippen molar-refractivity contribution in [2.75, 3.05) is 26.1 Å². The minimum atomic E-state index is -0.515. The van der Waals surface area contributed by atoms with E-state index in [9.17, 15) is 14.0 Å². The number of nitrogen functional groups attached to an aromatic ring is 1. The highest BCUT2D eigenvalue weighted by Gasteiger charge is 2.16. The molecule has 2 amide bonds. The molecule has 2 aromatic heterocycles. The number of ether oxygens (including phenoxy) is 2. The predicted molar refractivity (Wildman–Crippen MR) is 166 cm³/mol. The summed E-state index contributed by atoms with van der Waals surface area (Å²) in [5.74, 6) is -0.267. The van der Waals surface area contributed by atoms with Crippen molar-refractivity contribution in [3.63, 3.8) is 0 Å². The zero-order chi connectivity index (χ0) is 30.9. The number of fused-ring (bicyclic) bond motifs is 1. The standard InChI is InChI=1S/C33H37FN6O4/c1-43-28-14-13-24(34)18-27(28)33(42)37-19-22-9-11-23(12-10-22)30-31-32(35)36-20-26(40(31)21-38-30)8-5-16-44-17-15-29(41)39-25-6-3-2-4-7-25/h5,8-14,18,20-21,25H,2-4,6-7,15-17,19H2,1H3,(H2,35,36)(H,37,42)(H,39,41)/b8-5+. The van der Waals surface area contributed by atoms with E-state index >= 15 is 0 Å². The summed E-state index contributed by atoms with van der Waals surface area (Å²) >= 11 is 0. The minimum Gasteiger partial charge on any atom is -0.496 e. The van der Waals surface area contributed by atoms with Gasteiger partial charge in [0.2, 0.25) is 5.91 Å². The van der Waals surface area contributed by atoms with Crippen LogP contribution in [0.2, 0.25) is 0 Å². The Morgan fingerprint density at radius 1 is 1.11 bits per heavy atom. The Kier molecular flexibility index (Phi) is 10.2. The largest absolute Gasteiger partial charge is 0.496 e. The second-order valence-electron chi connectivity index (χ2n) is 10.7. The molecule has 4 aromatic rings. The minimum absolute atomic E-state index is 0.0404. The third kappa shape index (κ3) is 7.59. The van der Waals surface area contributed by atoms with E-state index in [4.69, 9.17) is 15.2 Å². The van der Waals surface area contributed by atoms with Crippen LogP contribution in [0.15, 0.2) is 61.1 Å². The van der Waals surface area contributed by atoms with Crippen LogP contribution in [0.4, 0.5) is 10.2 Å². The molecule has 0 bridgehead atoms. The number of benzene rings is 2. The Balaban J connectivity index is 1.17. The van der Waals surface area contributed by atoms with Crippen LogP contribution in [-0.4, -0.2) is 52.5 Å². The van der Waals surface area contributed by atoms with Crippen LogP contribution >= 0.6 is 0 Å². The number of halogens is 1. The molecule has 0 unspecified atom stereocenters. The zero-order valence-corrected chi connectivity index (χ0v) is 24.7. The third-order valence-corrected chi connectivity index (χ3v) is 7.66. The first-order valence-electron chi connectivity index (χ1n) is 14.8. The summed E-state index contributed by atoms with van der Waals surface area (Å²) in [7, 11) is 1.43. The highest BCUT2D eigenvalue weighted by Crippen LogP contribution is 2.28. The second kappa shape index (κ2) is 14.6. The number of nitrogens with one attached hydrogen (secondary N) is 2. The van der Waals surface area contributed by atoms with E-state index in [1.165, 1.54) is 38.5 Å². The van der Waals surface area contributed by atoms with Gasteiger partial charge in [0.05, 0.1) is 43.5 Å². The quantitative estimate of drug-likeness (QED) is 0.197. The number of methoxy groups -OCH3 is 1. The van der Waals surface area contributed by atoms with Crippen molar-refractivity contribution < 1.29 is 23.5 Å². The molecule has 0 aliphatic heterocycles. The van der Waals surface area contributed by atoms with Crippen LogP contribution in [0.3, 0.4) is 0 Å². The van der Waals surface area contributed by atoms with Gasteiger partial charge >= 0.3 is 0 Å². The van der Waals surface area contributed by atoms with Gasteiger partial charge in [-0.05, 0) is 42.7 Å². The molecule has 11 heteroatoms. The van der Waals surface area contributed by atoms with Gasteiger partial charge in [0.25, 0.3) is 5.91 Å². The van der Waals surface area contributed by atoms with E-state index < -0.39 is 11.7 Å². The normalized spacial score (nSPS) is 13.8. The molecule has 1 saturated carbocycles. The lowest BCUT2D eigenvalue weighted by Crippen LogP contribution is -2.36. The van der Waals surface area contributed by atoms with Crippen LogP contribution in [0.1, 0.15) is 60.1 Å². The van der Waals surface area contributed by atoms with Crippen LogP contribution in [-0.2, 0) is 16.1 Å². The molecule has 1 fully saturated rings. The van der Waals surface area contributed by atoms with Gasteiger partial charge in [-0.1, -0.05) is 49.6 Å². The topological polar surface area (TPSA) is 133 Å². The van der Waals surface area contributed by atoms with Gasteiger partial charge in [-0.15, -0.1) is 0 Å². The Labute approximate surface area is 255 Å². The molecular formula is C33H37FN6O4.